The molecule has 2 saturated carbocycles. The van der Waals surface area contributed by atoms with Gasteiger partial charge in [-0.3, -0.25) is 0 Å². The first-order valence-electron chi connectivity index (χ1n) is 11.4. The van der Waals surface area contributed by atoms with E-state index in [0.717, 1.165) is 24.4 Å². The van der Waals surface area contributed by atoms with Crippen LogP contribution in [0.3, 0.4) is 0 Å². The van der Waals surface area contributed by atoms with Crippen LogP contribution in [-0.4, -0.2) is 11.1 Å². The Balaban J connectivity index is 1.47. The van der Waals surface area contributed by atoms with E-state index < -0.39 is 5.97 Å². The maximum atomic E-state index is 12.0. The monoisotopic (exact) mass is 395 g/mol. The van der Waals surface area contributed by atoms with Crippen LogP contribution in [0.5, 0.6) is 0 Å². The van der Waals surface area contributed by atoms with Crippen LogP contribution < -0.4 is 5.32 Å². The highest BCUT2D eigenvalue weighted by molar-refractivity contribution is 5.97. The van der Waals surface area contributed by atoms with E-state index in [0.29, 0.717) is 23.3 Å². The summed E-state index contributed by atoms with van der Waals surface area (Å²) in [5.41, 5.74) is 6.84. The number of benzene rings is 3. The third kappa shape index (κ3) is 2.08. The molecule has 3 aromatic carbocycles. The van der Waals surface area contributed by atoms with Crippen molar-refractivity contribution >= 4 is 22.4 Å². The standard InChI is InChI=1S/C27H25NO2/c29-27(30)21-6-2-5-20-23-16-9-10-17(13-16)24(23)26(28-25(20)21)19-12-11-15-8-7-14-3-1-4-18(19)22(14)15/h1-6,11-12,16-17,23-24,26,28H,7-10,13H2,(H,29,30). The maximum Gasteiger partial charge on any atom is 0.337 e. The number of fused-ring (bicyclic) bond motifs is 7. The number of hydrogen-bond donors (Lipinski definition) is 2. The fourth-order valence-corrected chi connectivity index (χ4v) is 7.54. The molecule has 3 nitrogen and oxygen atoms in total. The number of carboxylic acid groups (broad SMARTS) is 1. The van der Waals surface area contributed by atoms with E-state index in [1.54, 1.807) is 6.07 Å². The average molecular weight is 396 g/mol. The Morgan fingerprint density at radius 2 is 1.70 bits per heavy atom. The Labute approximate surface area is 176 Å². The van der Waals surface area contributed by atoms with Crippen LogP contribution in [0.4, 0.5) is 5.69 Å². The minimum absolute atomic E-state index is 0.184. The molecular formula is C27H25NO2. The number of hydrogen-bond acceptors (Lipinski definition) is 2. The van der Waals surface area contributed by atoms with E-state index in [1.807, 2.05) is 6.07 Å². The molecule has 4 aliphatic rings. The van der Waals surface area contributed by atoms with E-state index >= 15 is 0 Å². The topological polar surface area (TPSA) is 49.3 Å². The molecule has 7 rings (SSSR count). The fraction of sp³-hybridized carbons (Fsp3) is 0.370. The van der Waals surface area contributed by atoms with Gasteiger partial charge < -0.3 is 10.4 Å². The smallest absolute Gasteiger partial charge is 0.337 e. The van der Waals surface area contributed by atoms with Crippen molar-refractivity contribution in [1.29, 1.82) is 0 Å². The van der Waals surface area contributed by atoms with Crippen LogP contribution in [0, 0.1) is 17.8 Å². The quantitative estimate of drug-likeness (QED) is 0.565. The van der Waals surface area contributed by atoms with Gasteiger partial charge in [0.1, 0.15) is 0 Å². The summed E-state index contributed by atoms with van der Waals surface area (Å²) in [6.45, 7) is 0. The van der Waals surface area contributed by atoms with Crippen LogP contribution in [0.25, 0.3) is 10.8 Å². The molecular weight excluding hydrogens is 370 g/mol. The number of nitrogens with one attached hydrogen (secondary N) is 1. The van der Waals surface area contributed by atoms with Crippen molar-refractivity contribution in [2.75, 3.05) is 5.32 Å². The van der Waals surface area contributed by atoms with Crippen LogP contribution in [0.1, 0.15) is 63.8 Å². The molecule has 0 radical (unpaired) electrons. The molecule has 1 aliphatic heterocycles. The van der Waals surface area contributed by atoms with Gasteiger partial charge in [-0.05, 0) is 94.9 Å². The number of rotatable bonds is 2. The first kappa shape index (κ1) is 16.9. The summed E-state index contributed by atoms with van der Waals surface area (Å²) < 4.78 is 0. The highest BCUT2D eigenvalue weighted by Crippen LogP contribution is 2.64. The average Bonchev–Trinajstić information content (AvgIpc) is 3.49. The highest BCUT2D eigenvalue weighted by Gasteiger charge is 2.54. The van der Waals surface area contributed by atoms with Crippen molar-refractivity contribution in [1.82, 2.24) is 0 Å². The molecule has 0 spiro atoms. The third-order valence-corrected chi connectivity index (χ3v) is 8.60. The normalized spacial score (nSPS) is 30.2. The number of aryl methyl sites for hydroxylation is 2. The van der Waals surface area contributed by atoms with E-state index in [2.05, 4.69) is 41.7 Å². The minimum Gasteiger partial charge on any atom is -0.478 e. The van der Waals surface area contributed by atoms with Gasteiger partial charge in [0.2, 0.25) is 0 Å². The van der Waals surface area contributed by atoms with Crippen molar-refractivity contribution in [3.8, 4) is 0 Å². The van der Waals surface area contributed by atoms with Gasteiger partial charge in [0.15, 0.2) is 0 Å². The summed E-state index contributed by atoms with van der Waals surface area (Å²) in [6.07, 6.45) is 6.18. The number of aromatic carboxylic acids is 1. The summed E-state index contributed by atoms with van der Waals surface area (Å²) in [4.78, 5) is 12.0. The van der Waals surface area contributed by atoms with Gasteiger partial charge in [0.25, 0.3) is 0 Å². The summed E-state index contributed by atoms with van der Waals surface area (Å²) in [5, 5.41) is 16.5. The zero-order valence-corrected chi connectivity index (χ0v) is 16.9. The summed E-state index contributed by atoms with van der Waals surface area (Å²) in [5.74, 6) is 1.64. The zero-order valence-electron chi connectivity index (χ0n) is 16.9. The first-order valence-corrected chi connectivity index (χ1v) is 11.4. The number of para-hydroxylation sites is 1. The summed E-state index contributed by atoms with van der Waals surface area (Å²) >= 11 is 0. The van der Waals surface area contributed by atoms with Gasteiger partial charge in [-0.15, -0.1) is 0 Å². The molecule has 150 valence electrons. The molecule has 3 aliphatic carbocycles. The Bertz CT molecular complexity index is 1220. The maximum absolute atomic E-state index is 12.0. The minimum atomic E-state index is -0.833. The molecule has 5 unspecified atom stereocenters. The molecule has 2 fully saturated rings. The van der Waals surface area contributed by atoms with Crippen molar-refractivity contribution in [2.45, 2.75) is 44.1 Å². The van der Waals surface area contributed by atoms with Gasteiger partial charge in [0.05, 0.1) is 17.3 Å². The van der Waals surface area contributed by atoms with Crippen molar-refractivity contribution in [3.63, 3.8) is 0 Å². The zero-order chi connectivity index (χ0) is 20.0. The highest BCUT2D eigenvalue weighted by atomic mass is 16.4. The van der Waals surface area contributed by atoms with Gasteiger partial charge >= 0.3 is 5.97 Å². The van der Waals surface area contributed by atoms with Gasteiger partial charge in [-0.2, -0.15) is 0 Å². The van der Waals surface area contributed by atoms with Crippen LogP contribution >= 0.6 is 0 Å². The first-order chi connectivity index (χ1) is 14.7. The Kier molecular flexibility index (Phi) is 3.31. The second-order valence-electron chi connectivity index (χ2n) is 9.79. The van der Waals surface area contributed by atoms with E-state index in [4.69, 9.17) is 0 Å². The predicted octanol–water partition coefficient (Wildman–Crippen LogP) is 5.93. The Morgan fingerprint density at radius 1 is 0.900 bits per heavy atom. The molecule has 0 aromatic heterocycles. The SMILES string of the molecule is O=C(O)c1cccc2c1NC(c1ccc3c4c(cccc14)CC3)C1C3CCC(C3)C21. The lowest BCUT2D eigenvalue weighted by molar-refractivity contribution is 0.0697. The number of carbonyl (C=O) groups is 1. The van der Waals surface area contributed by atoms with Gasteiger partial charge in [0, 0.05) is 0 Å². The Morgan fingerprint density at radius 3 is 2.57 bits per heavy atom. The third-order valence-electron chi connectivity index (χ3n) is 8.60. The molecule has 2 bridgehead atoms. The molecule has 5 atom stereocenters. The van der Waals surface area contributed by atoms with Crippen LogP contribution in [0.15, 0.2) is 48.5 Å². The largest absolute Gasteiger partial charge is 0.478 e. The lowest BCUT2D eigenvalue weighted by atomic mass is 9.67. The van der Waals surface area contributed by atoms with E-state index in [-0.39, 0.29) is 6.04 Å². The lowest BCUT2D eigenvalue weighted by Gasteiger charge is -2.44. The Hall–Kier alpha value is -2.81. The molecule has 0 saturated heterocycles. The second kappa shape index (κ2) is 5.87. The predicted molar refractivity (Wildman–Crippen MR) is 118 cm³/mol. The van der Waals surface area contributed by atoms with Crippen molar-refractivity contribution in [3.05, 3.63) is 76.3 Å². The molecule has 0 amide bonds. The van der Waals surface area contributed by atoms with Gasteiger partial charge in [-0.25, -0.2) is 4.79 Å². The van der Waals surface area contributed by atoms with Crippen molar-refractivity contribution < 1.29 is 9.90 Å². The van der Waals surface area contributed by atoms with Crippen LogP contribution in [0.2, 0.25) is 0 Å². The van der Waals surface area contributed by atoms with E-state index in [9.17, 15) is 9.90 Å². The summed E-state index contributed by atoms with van der Waals surface area (Å²) in [6, 6.07) is 17.5. The molecule has 3 aromatic rings. The van der Waals surface area contributed by atoms with E-state index in [1.165, 1.54) is 52.3 Å². The summed E-state index contributed by atoms with van der Waals surface area (Å²) in [7, 11) is 0. The molecule has 1 heterocycles. The van der Waals surface area contributed by atoms with Gasteiger partial charge in [-0.1, -0.05) is 42.5 Å². The fourth-order valence-electron chi connectivity index (χ4n) is 7.54. The molecule has 30 heavy (non-hydrogen) atoms. The van der Waals surface area contributed by atoms with Crippen molar-refractivity contribution in [2.24, 2.45) is 17.8 Å². The van der Waals surface area contributed by atoms with Crippen LogP contribution in [-0.2, 0) is 12.8 Å². The second-order valence-corrected chi connectivity index (χ2v) is 9.79. The number of carboxylic acids is 1. The molecule has 3 heteroatoms. The number of anilines is 1. The molecule has 2 N–H and O–H groups in total. The lowest BCUT2D eigenvalue weighted by Crippen LogP contribution is -2.36.